The molecule has 0 aromatic heterocycles. The Kier molecular flexibility index (Phi) is 4.07. The fourth-order valence-electron chi connectivity index (χ4n) is 2.50. The second-order valence-corrected chi connectivity index (χ2v) is 5.79. The Morgan fingerprint density at radius 2 is 1.79 bits per heavy atom. The van der Waals surface area contributed by atoms with E-state index in [1.165, 1.54) is 11.1 Å². The van der Waals surface area contributed by atoms with Gasteiger partial charge in [0.25, 0.3) is 0 Å². The Bertz CT molecular complexity index is 474. The molecule has 0 bridgehead atoms. The van der Waals surface area contributed by atoms with Gasteiger partial charge < -0.3 is 4.74 Å². The van der Waals surface area contributed by atoms with Crippen LogP contribution in [0, 0.1) is 13.8 Å². The van der Waals surface area contributed by atoms with Crippen LogP contribution in [-0.2, 0) is 4.74 Å². The molecule has 2 rings (SSSR count). The third-order valence-corrected chi connectivity index (χ3v) is 4.13. The van der Waals surface area contributed by atoms with Gasteiger partial charge in [0, 0.05) is 18.7 Å². The number of carbonyl (C=O) groups excluding carboxylic acids is 1. The van der Waals surface area contributed by atoms with E-state index in [4.69, 9.17) is 4.74 Å². The van der Waals surface area contributed by atoms with Gasteiger partial charge in [-0.25, -0.2) is 0 Å². The van der Waals surface area contributed by atoms with Gasteiger partial charge in [0.2, 0.25) is 0 Å². The second-order valence-electron chi connectivity index (χ2n) is 5.79. The molecule has 104 valence electrons. The average molecular weight is 261 g/mol. The number of rotatable bonds is 3. The third-order valence-electron chi connectivity index (χ3n) is 4.13. The minimum atomic E-state index is -0.467. The first-order valence-corrected chi connectivity index (χ1v) is 6.88. The third kappa shape index (κ3) is 2.88. The molecule has 0 unspecified atom stereocenters. The van der Waals surface area contributed by atoms with Gasteiger partial charge in [-0.3, -0.25) is 9.69 Å². The van der Waals surface area contributed by atoms with E-state index in [-0.39, 0.29) is 5.78 Å². The summed E-state index contributed by atoms with van der Waals surface area (Å²) in [5, 5.41) is 0. The summed E-state index contributed by atoms with van der Waals surface area (Å²) in [7, 11) is 0. The van der Waals surface area contributed by atoms with Gasteiger partial charge >= 0.3 is 0 Å². The molecule has 0 atom stereocenters. The molecule has 1 saturated heterocycles. The molecule has 0 N–H and O–H groups in total. The highest BCUT2D eigenvalue weighted by Crippen LogP contribution is 2.23. The predicted octanol–water partition coefficient (Wildman–Crippen LogP) is 2.60. The molecule has 0 amide bonds. The summed E-state index contributed by atoms with van der Waals surface area (Å²) in [4.78, 5) is 15.0. The molecule has 1 aromatic rings. The molecular formula is C16H23NO2. The van der Waals surface area contributed by atoms with E-state index in [9.17, 15) is 4.79 Å². The maximum Gasteiger partial charge on any atom is 0.182 e. The van der Waals surface area contributed by atoms with Crippen LogP contribution in [0.4, 0.5) is 0 Å². The van der Waals surface area contributed by atoms with Gasteiger partial charge in [-0.2, -0.15) is 0 Å². The number of aryl methyl sites for hydroxylation is 2. The number of ether oxygens (including phenoxy) is 1. The van der Waals surface area contributed by atoms with E-state index in [1.54, 1.807) is 0 Å². The summed E-state index contributed by atoms with van der Waals surface area (Å²) in [6, 6.07) is 5.96. The summed E-state index contributed by atoms with van der Waals surface area (Å²) in [6.45, 7) is 11.2. The van der Waals surface area contributed by atoms with Gasteiger partial charge in [0.15, 0.2) is 5.78 Å². The topological polar surface area (TPSA) is 29.5 Å². The Hall–Kier alpha value is -1.19. The largest absolute Gasteiger partial charge is 0.379 e. The van der Waals surface area contributed by atoms with Crippen molar-refractivity contribution in [2.75, 3.05) is 26.3 Å². The van der Waals surface area contributed by atoms with Crippen LogP contribution >= 0.6 is 0 Å². The zero-order valence-electron chi connectivity index (χ0n) is 12.3. The van der Waals surface area contributed by atoms with Crippen LogP contribution in [0.3, 0.4) is 0 Å². The smallest absolute Gasteiger partial charge is 0.182 e. The van der Waals surface area contributed by atoms with Crippen molar-refractivity contribution in [2.45, 2.75) is 33.2 Å². The molecular weight excluding hydrogens is 238 g/mol. The van der Waals surface area contributed by atoms with Crippen molar-refractivity contribution in [1.29, 1.82) is 0 Å². The van der Waals surface area contributed by atoms with Crippen LogP contribution in [0.25, 0.3) is 0 Å². The number of Topliss-reactive ketones (excluding diaryl/α,β-unsaturated/α-hetero) is 1. The minimum absolute atomic E-state index is 0.192. The lowest BCUT2D eigenvalue weighted by Crippen LogP contribution is -2.54. The molecule has 1 aliphatic heterocycles. The van der Waals surface area contributed by atoms with Crippen molar-refractivity contribution in [1.82, 2.24) is 4.90 Å². The van der Waals surface area contributed by atoms with Crippen LogP contribution in [0.1, 0.15) is 35.3 Å². The fourth-order valence-corrected chi connectivity index (χ4v) is 2.50. The Balaban J connectivity index is 2.23. The highest BCUT2D eigenvalue weighted by molar-refractivity contribution is 6.02. The summed E-state index contributed by atoms with van der Waals surface area (Å²) in [5.74, 6) is 0.192. The zero-order chi connectivity index (χ0) is 14.0. The standard InChI is InChI=1S/C16H23NO2/c1-12-5-6-14(11-13(12)2)15(18)16(3,4)17-7-9-19-10-8-17/h5-6,11H,7-10H2,1-4H3. The number of ketones is 1. The van der Waals surface area contributed by atoms with Crippen molar-refractivity contribution < 1.29 is 9.53 Å². The van der Waals surface area contributed by atoms with Crippen LogP contribution in [-0.4, -0.2) is 42.5 Å². The first kappa shape index (κ1) is 14.2. The summed E-state index contributed by atoms with van der Waals surface area (Å²) in [5.41, 5.74) is 2.73. The highest BCUT2D eigenvalue weighted by atomic mass is 16.5. The Labute approximate surface area is 115 Å². The lowest BCUT2D eigenvalue weighted by atomic mass is 9.89. The molecule has 0 saturated carbocycles. The summed E-state index contributed by atoms with van der Waals surface area (Å²) in [6.07, 6.45) is 0. The van der Waals surface area contributed by atoms with E-state index in [2.05, 4.69) is 11.8 Å². The minimum Gasteiger partial charge on any atom is -0.379 e. The van der Waals surface area contributed by atoms with Crippen molar-refractivity contribution >= 4 is 5.78 Å². The molecule has 19 heavy (non-hydrogen) atoms. The molecule has 3 heteroatoms. The van der Waals surface area contributed by atoms with Gasteiger partial charge in [-0.1, -0.05) is 12.1 Å². The van der Waals surface area contributed by atoms with Gasteiger partial charge in [0.1, 0.15) is 0 Å². The van der Waals surface area contributed by atoms with E-state index in [0.29, 0.717) is 13.2 Å². The fraction of sp³-hybridized carbons (Fsp3) is 0.562. The quantitative estimate of drug-likeness (QED) is 0.783. The SMILES string of the molecule is Cc1ccc(C(=O)C(C)(C)N2CCOCC2)cc1C. The van der Waals surface area contributed by atoms with Crippen molar-refractivity contribution in [3.63, 3.8) is 0 Å². The van der Waals surface area contributed by atoms with Crippen molar-refractivity contribution in [3.05, 3.63) is 34.9 Å². The number of benzene rings is 1. The molecule has 3 nitrogen and oxygen atoms in total. The summed E-state index contributed by atoms with van der Waals surface area (Å²) >= 11 is 0. The second kappa shape index (κ2) is 5.43. The maximum atomic E-state index is 12.7. The van der Waals surface area contributed by atoms with Crippen molar-refractivity contribution in [3.8, 4) is 0 Å². The average Bonchev–Trinajstić information content (AvgIpc) is 2.42. The van der Waals surface area contributed by atoms with Crippen LogP contribution < -0.4 is 0 Å². The number of morpholine rings is 1. The van der Waals surface area contributed by atoms with Gasteiger partial charge in [0.05, 0.1) is 18.8 Å². The van der Waals surface area contributed by atoms with Gasteiger partial charge in [-0.05, 0) is 44.9 Å². The number of hydrogen-bond acceptors (Lipinski definition) is 3. The maximum absolute atomic E-state index is 12.7. The zero-order valence-corrected chi connectivity index (χ0v) is 12.3. The monoisotopic (exact) mass is 261 g/mol. The number of hydrogen-bond donors (Lipinski definition) is 0. The highest BCUT2D eigenvalue weighted by Gasteiger charge is 2.35. The Morgan fingerprint density at radius 1 is 1.16 bits per heavy atom. The molecule has 1 aromatic carbocycles. The Morgan fingerprint density at radius 3 is 2.37 bits per heavy atom. The van der Waals surface area contributed by atoms with E-state index in [0.717, 1.165) is 18.7 Å². The lowest BCUT2D eigenvalue weighted by Gasteiger charge is -2.39. The predicted molar refractivity (Wildman–Crippen MR) is 76.7 cm³/mol. The number of nitrogens with zero attached hydrogens (tertiary/aromatic N) is 1. The van der Waals surface area contributed by atoms with E-state index >= 15 is 0 Å². The lowest BCUT2D eigenvalue weighted by molar-refractivity contribution is -0.00430. The van der Waals surface area contributed by atoms with E-state index < -0.39 is 5.54 Å². The van der Waals surface area contributed by atoms with E-state index in [1.807, 2.05) is 39.0 Å². The normalized spacial score (nSPS) is 17.5. The van der Waals surface area contributed by atoms with Crippen LogP contribution in [0.5, 0.6) is 0 Å². The van der Waals surface area contributed by atoms with Gasteiger partial charge in [-0.15, -0.1) is 0 Å². The summed E-state index contributed by atoms with van der Waals surface area (Å²) < 4.78 is 5.36. The first-order valence-electron chi connectivity index (χ1n) is 6.88. The molecule has 1 aliphatic rings. The van der Waals surface area contributed by atoms with Crippen molar-refractivity contribution in [2.24, 2.45) is 0 Å². The molecule has 0 aliphatic carbocycles. The molecule has 1 fully saturated rings. The molecule has 0 spiro atoms. The first-order chi connectivity index (χ1) is 8.93. The molecule has 0 radical (unpaired) electrons. The number of carbonyl (C=O) groups is 1. The molecule has 1 heterocycles. The van der Waals surface area contributed by atoms with Crippen LogP contribution in [0.2, 0.25) is 0 Å². The van der Waals surface area contributed by atoms with Crippen LogP contribution in [0.15, 0.2) is 18.2 Å².